The van der Waals surface area contributed by atoms with Crippen molar-refractivity contribution in [1.82, 2.24) is 19.8 Å². The molecule has 3 fully saturated rings. The molecule has 0 saturated carbocycles. The summed E-state index contributed by atoms with van der Waals surface area (Å²) < 4.78 is 5.63. The van der Waals surface area contributed by atoms with E-state index in [1.807, 2.05) is 47.2 Å². The zero-order chi connectivity index (χ0) is 21.4. The second-order valence-electron chi connectivity index (χ2n) is 8.65. The smallest absolute Gasteiger partial charge is 0.260 e. The van der Waals surface area contributed by atoms with E-state index in [-0.39, 0.29) is 35.8 Å². The van der Waals surface area contributed by atoms with Gasteiger partial charge in [0.2, 0.25) is 11.9 Å². The highest BCUT2D eigenvalue weighted by Crippen LogP contribution is 2.49. The Morgan fingerprint density at radius 1 is 1.10 bits per heavy atom. The maximum absolute atomic E-state index is 13.1. The van der Waals surface area contributed by atoms with E-state index < -0.39 is 0 Å². The second-order valence-corrected chi connectivity index (χ2v) is 8.65. The molecule has 2 atom stereocenters. The predicted octanol–water partition coefficient (Wildman–Crippen LogP) is 1.44. The molecule has 3 saturated heterocycles. The van der Waals surface area contributed by atoms with Crippen LogP contribution in [0.1, 0.15) is 12.8 Å². The number of piperidine rings is 1. The van der Waals surface area contributed by atoms with Crippen LogP contribution in [0.25, 0.3) is 0 Å². The van der Waals surface area contributed by atoms with E-state index in [9.17, 15) is 9.59 Å². The Balaban J connectivity index is 1.24. The van der Waals surface area contributed by atoms with Gasteiger partial charge < -0.3 is 19.4 Å². The number of anilines is 1. The minimum absolute atomic E-state index is 0.00652. The quantitative estimate of drug-likeness (QED) is 0.744. The van der Waals surface area contributed by atoms with Crippen LogP contribution in [-0.2, 0) is 9.59 Å². The molecule has 3 aliphatic rings. The molecule has 1 spiro atoms. The van der Waals surface area contributed by atoms with Crippen molar-refractivity contribution in [3.8, 4) is 5.75 Å². The minimum atomic E-state index is -0.206. The molecule has 0 N–H and O–H groups in total. The summed E-state index contributed by atoms with van der Waals surface area (Å²) in [6.45, 7) is 2.75. The standard InChI is InChI=1S/C23H27N5O3/c1-26-21(30)18-14-28(22-24-10-5-11-25-22)15-19(18)23(26)8-12-27(13-9-23)20(29)16-31-17-6-3-2-4-7-17/h2-7,10-11,18-19H,8-9,12-16H2,1H3/t18-,19+/m0/s1. The maximum Gasteiger partial charge on any atom is 0.260 e. The Hall–Kier alpha value is -3.16. The van der Waals surface area contributed by atoms with Gasteiger partial charge >= 0.3 is 0 Å². The molecule has 2 amide bonds. The van der Waals surface area contributed by atoms with Crippen molar-refractivity contribution in [1.29, 1.82) is 0 Å². The number of rotatable bonds is 4. The summed E-state index contributed by atoms with van der Waals surface area (Å²) in [6, 6.07) is 11.2. The monoisotopic (exact) mass is 421 g/mol. The van der Waals surface area contributed by atoms with Crippen LogP contribution in [0.4, 0.5) is 5.95 Å². The van der Waals surface area contributed by atoms with Gasteiger partial charge in [-0.05, 0) is 31.0 Å². The van der Waals surface area contributed by atoms with Crippen LogP contribution in [0, 0.1) is 11.8 Å². The van der Waals surface area contributed by atoms with E-state index in [0.717, 1.165) is 19.4 Å². The molecule has 0 radical (unpaired) electrons. The molecule has 4 heterocycles. The maximum atomic E-state index is 13.1. The Morgan fingerprint density at radius 2 is 1.81 bits per heavy atom. The van der Waals surface area contributed by atoms with Gasteiger partial charge in [0.05, 0.1) is 11.5 Å². The summed E-state index contributed by atoms with van der Waals surface area (Å²) >= 11 is 0. The molecule has 0 bridgehead atoms. The first-order valence-electron chi connectivity index (χ1n) is 10.8. The summed E-state index contributed by atoms with van der Waals surface area (Å²) in [5.41, 5.74) is -0.206. The van der Waals surface area contributed by atoms with Gasteiger partial charge in [-0.1, -0.05) is 18.2 Å². The van der Waals surface area contributed by atoms with Gasteiger partial charge in [0.1, 0.15) is 5.75 Å². The molecule has 2 aromatic rings. The Morgan fingerprint density at radius 3 is 2.52 bits per heavy atom. The van der Waals surface area contributed by atoms with Gasteiger partial charge in [0, 0.05) is 51.5 Å². The molecule has 1 aromatic carbocycles. The molecule has 8 heteroatoms. The van der Waals surface area contributed by atoms with Gasteiger partial charge in [0.15, 0.2) is 6.61 Å². The first-order chi connectivity index (χ1) is 15.1. The average Bonchev–Trinajstić information content (AvgIpc) is 3.35. The zero-order valence-electron chi connectivity index (χ0n) is 17.7. The number of amides is 2. The lowest BCUT2D eigenvalue weighted by Gasteiger charge is -2.46. The molecule has 31 heavy (non-hydrogen) atoms. The molecule has 0 unspecified atom stereocenters. The fraction of sp³-hybridized carbons (Fsp3) is 0.478. The van der Waals surface area contributed by atoms with Crippen LogP contribution in [0.5, 0.6) is 5.75 Å². The molecule has 0 aliphatic carbocycles. The lowest BCUT2D eigenvalue weighted by molar-refractivity contribution is -0.138. The summed E-state index contributed by atoms with van der Waals surface area (Å²) in [5.74, 6) is 1.78. The SMILES string of the molecule is CN1C(=O)[C@H]2CN(c3ncccn3)C[C@H]2C12CCN(C(=O)COc1ccccc1)CC2. The van der Waals surface area contributed by atoms with Gasteiger partial charge in [-0.2, -0.15) is 0 Å². The third-order valence-electron chi connectivity index (χ3n) is 7.25. The fourth-order valence-electron chi connectivity index (χ4n) is 5.54. The van der Waals surface area contributed by atoms with Crippen molar-refractivity contribution in [3.05, 3.63) is 48.8 Å². The van der Waals surface area contributed by atoms with Crippen LogP contribution in [-0.4, -0.2) is 77.0 Å². The highest BCUT2D eigenvalue weighted by Gasteiger charge is 2.60. The van der Waals surface area contributed by atoms with Crippen LogP contribution in [0.15, 0.2) is 48.8 Å². The summed E-state index contributed by atoms with van der Waals surface area (Å²) in [7, 11) is 1.93. The number of likely N-dealkylation sites (tertiary alicyclic amines) is 2. The molecule has 8 nitrogen and oxygen atoms in total. The van der Waals surface area contributed by atoms with Crippen LogP contribution < -0.4 is 9.64 Å². The van der Waals surface area contributed by atoms with Crippen molar-refractivity contribution in [2.24, 2.45) is 11.8 Å². The molecule has 5 rings (SSSR count). The van der Waals surface area contributed by atoms with Crippen molar-refractivity contribution < 1.29 is 14.3 Å². The molecule has 162 valence electrons. The van der Waals surface area contributed by atoms with Crippen molar-refractivity contribution in [2.45, 2.75) is 18.4 Å². The first-order valence-corrected chi connectivity index (χ1v) is 10.8. The van der Waals surface area contributed by atoms with Gasteiger partial charge in [-0.3, -0.25) is 9.59 Å². The third kappa shape index (κ3) is 3.40. The van der Waals surface area contributed by atoms with Crippen LogP contribution in [0.2, 0.25) is 0 Å². The van der Waals surface area contributed by atoms with Crippen molar-refractivity contribution >= 4 is 17.8 Å². The Labute approximate surface area is 181 Å². The number of hydrogen-bond acceptors (Lipinski definition) is 6. The van der Waals surface area contributed by atoms with Gasteiger partial charge in [-0.15, -0.1) is 0 Å². The lowest BCUT2D eigenvalue weighted by Crippen LogP contribution is -2.57. The lowest BCUT2D eigenvalue weighted by atomic mass is 9.75. The number of carbonyl (C=O) groups excluding carboxylic acids is 2. The number of fused-ring (bicyclic) bond motifs is 2. The number of ether oxygens (including phenoxy) is 1. The zero-order valence-corrected chi connectivity index (χ0v) is 17.7. The van der Waals surface area contributed by atoms with E-state index in [1.54, 1.807) is 18.5 Å². The normalized spacial score (nSPS) is 24.5. The van der Waals surface area contributed by atoms with E-state index >= 15 is 0 Å². The average molecular weight is 422 g/mol. The summed E-state index contributed by atoms with van der Waals surface area (Å²) in [4.78, 5) is 40.5. The van der Waals surface area contributed by atoms with E-state index in [2.05, 4.69) is 14.9 Å². The van der Waals surface area contributed by atoms with Crippen molar-refractivity contribution in [2.75, 3.05) is 44.7 Å². The molecule has 3 aliphatic heterocycles. The van der Waals surface area contributed by atoms with E-state index in [1.165, 1.54) is 0 Å². The van der Waals surface area contributed by atoms with E-state index in [0.29, 0.717) is 31.3 Å². The molecule has 1 aromatic heterocycles. The highest BCUT2D eigenvalue weighted by molar-refractivity contribution is 5.84. The minimum Gasteiger partial charge on any atom is -0.484 e. The number of nitrogens with zero attached hydrogens (tertiary/aromatic N) is 5. The molecular weight excluding hydrogens is 394 g/mol. The third-order valence-corrected chi connectivity index (χ3v) is 7.25. The Bertz CT molecular complexity index is 946. The number of carbonyl (C=O) groups is 2. The van der Waals surface area contributed by atoms with Crippen molar-refractivity contribution in [3.63, 3.8) is 0 Å². The fourth-order valence-corrected chi connectivity index (χ4v) is 5.54. The largest absolute Gasteiger partial charge is 0.484 e. The highest BCUT2D eigenvalue weighted by atomic mass is 16.5. The second kappa shape index (κ2) is 7.83. The molecular formula is C23H27N5O3. The van der Waals surface area contributed by atoms with Gasteiger partial charge in [0.25, 0.3) is 5.91 Å². The summed E-state index contributed by atoms with van der Waals surface area (Å²) in [6.07, 6.45) is 5.05. The predicted molar refractivity (Wildman–Crippen MR) is 114 cm³/mol. The van der Waals surface area contributed by atoms with Crippen LogP contribution in [0.3, 0.4) is 0 Å². The number of aromatic nitrogens is 2. The number of benzene rings is 1. The topological polar surface area (TPSA) is 78.9 Å². The first kappa shape index (κ1) is 19.8. The van der Waals surface area contributed by atoms with Gasteiger partial charge in [-0.25, -0.2) is 9.97 Å². The van der Waals surface area contributed by atoms with E-state index in [4.69, 9.17) is 4.74 Å². The Kier molecular flexibility index (Phi) is 5.00. The number of hydrogen-bond donors (Lipinski definition) is 0. The summed E-state index contributed by atoms with van der Waals surface area (Å²) in [5, 5.41) is 0. The number of para-hydroxylation sites is 1. The van der Waals surface area contributed by atoms with Crippen LogP contribution >= 0.6 is 0 Å².